The number of hydrogen-bond donors (Lipinski definition) is 2. The summed E-state index contributed by atoms with van der Waals surface area (Å²) in [5.74, 6) is 0. The van der Waals surface area contributed by atoms with E-state index in [9.17, 15) is 0 Å². The minimum atomic E-state index is 0.0600. The molecule has 2 rings (SSSR count). The standard InChI is InChI=1S/C14H14N4/c1-10(11-3-2-4-13(16)7-11)18-14-9-17-6-5-12(14)8-15/h2-7,9-10,18H,16H2,1H3. The van der Waals surface area contributed by atoms with E-state index < -0.39 is 0 Å². The summed E-state index contributed by atoms with van der Waals surface area (Å²) in [6.07, 6.45) is 3.26. The lowest BCUT2D eigenvalue weighted by Gasteiger charge is -2.16. The number of benzene rings is 1. The number of nitriles is 1. The van der Waals surface area contributed by atoms with E-state index in [0.717, 1.165) is 16.9 Å². The Morgan fingerprint density at radius 3 is 2.94 bits per heavy atom. The van der Waals surface area contributed by atoms with Gasteiger partial charge >= 0.3 is 0 Å². The van der Waals surface area contributed by atoms with Crippen molar-refractivity contribution in [1.29, 1.82) is 5.26 Å². The van der Waals surface area contributed by atoms with E-state index in [1.807, 2.05) is 31.2 Å². The quantitative estimate of drug-likeness (QED) is 0.806. The van der Waals surface area contributed by atoms with E-state index in [1.165, 1.54) is 0 Å². The van der Waals surface area contributed by atoms with E-state index in [4.69, 9.17) is 11.0 Å². The van der Waals surface area contributed by atoms with Crippen molar-refractivity contribution in [3.63, 3.8) is 0 Å². The molecule has 0 spiro atoms. The Hall–Kier alpha value is -2.54. The van der Waals surface area contributed by atoms with Crippen molar-refractivity contribution >= 4 is 11.4 Å². The zero-order chi connectivity index (χ0) is 13.0. The van der Waals surface area contributed by atoms with Crippen LogP contribution in [0.15, 0.2) is 42.7 Å². The van der Waals surface area contributed by atoms with Crippen LogP contribution >= 0.6 is 0 Å². The fraction of sp³-hybridized carbons (Fsp3) is 0.143. The molecule has 0 saturated heterocycles. The van der Waals surface area contributed by atoms with Gasteiger partial charge in [0.2, 0.25) is 0 Å². The van der Waals surface area contributed by atoms with Crippen molar-refractivity contribution in [3.05, 3.63) is 53.9 Å². The third kappa shape index (κ3) is 2.58. The largest absolute Gasteiger partial charge is 0.399 e. The van der Waals surface area contributed by atoms with Gasteiger partial charge in [-0.05, 0) is 30.7 Å². The van der Waals surface area contributed by atoms with Crippen LogP contribution in [0.5, 0.6) is 0 Å². The van der Waals surface area contributed by atoms with Gasteiger partial charge in [0.15, 0.2) is 0 Å². The molecule has 4 nitrogen and oxygen atoms in total. The van der Waals surface area contributed by atoms with E-state index in [-0.39, 0.29) is 6.04 Å². The second-order valence-electron chi connectivity index (χ2n) is 4.07. The number of hydrogen-bond acceptors (Lipinski definition) is 4. The normalized spacial score (nSPS) is 11.6. The highest BCUT2D eigenvalue weighted by atomic mass is 14.9. The van der Waals surface area contributed by atoms with Gasteiger partial charge in [-0.2, -0.15) is 5.26 Å². The molecule has 0 aliphatic heterocycles. The molecule has 0 fully saturated rings. The fourth-order valence-corrected chi connectivity index (χ4v) is 1.75. The maximum Gasteiger partial charge on any atom is 0.101 e. The molecule has 0 aliphatic carbocycles. The average molecular weight is 238 g/mol. The highest BCUT2D eigenvalue weighted by Gasteiger charge is 2.08. The number of nitrogen functional groups attached to an aromatic ring is 1. The third-order valence-electron chi connectivity index (χ3n) is 2.72. The summed E-state index contributed by atoms with van der Waals surface area (Å²) in [5, 5.41) is 12.3. The Morgan fingerprint density at radius 1 is 1.39 bits per heavy atom. The number of nitrogens with one attached hydrogen (secondary N) is 1. The molecule has 2 aromatic rings. The first-order valence-electron chi connectivity index (χ1n) is 5.67. The number of rotatable bonds is 3. The highest BCUT2D eigenvalue weighted by Crippen LogP contribution is 2.22. The molecular weight excluding hydrogens is 224 g/mol. The van der Waals surface area contributed by atoms with Crippen LogP contribution in [0.1, 0.15) is 24.1 Å². The summed E-state index contributed by atoms with van der Waals surface area (Å²) in [4.78, 5) is 4.02. The van der Waals surface area contributed by atoms with Crippen molar-refractivity contribution in [2.75, 3.05) is 11.1 Å². The molecule has 1 heterocycles. The number of anilines is 2. The number of aromatic nitrogens is 1. The van der Waals surface area contributed by atoms with Gasteiger partial charge in [0.05, 0.1) is 17.4 Å². The predicted molar refractivity (Wildman–Crippen MR) is 71.8 cm³/mol. The molecule has 1 aromatic carbocycles. The van der Waals surface area contributed by atoms with Gasteiger partial charge in [-0.15, -0.1) is 0 Å². The Kier molecular flexibility index (Phi) is 3.44. The van der Waals surface area contributed by atoms with E-state index in [0.29, 0.717) is 5.56 Å². The maximum absolute atomic E-state index is 9.01. The molecule has 1 aromatic heterocycles. The lowest BCUT2D eigenvalue weighted by Crippen LogP contribution is -2.08. The van der Waals surface area contributed by atoms with Crippen molar-refractivity contribution < 1.29 is 0 Å². The van der Waals surface area contributed by atoms with Crippen LogP contribution in [0.3, 0.4) is 0 Å². The monoisotopic (exact) mass is 238 g/mol. The van der Waals surface area contributed by atoms with Crippen molar-refractivity contribution in [2.24, 2.45) is 0 Å². The van der Waals surface area contributed by atoms with Crippen LogP contribution in [-0.2, 0) is 0 Å². The van der Waals surface area contributed by atoms with Gasteiger partial charge in [0.1, 0.15) is 6.07 Å². The smallest absolute Gasteiger partial charge is 0.101 e. The molecule has 18 heavy (non-hydrogen) atoms. The Labute approximate surface area is 106 Å². The lowest BCUT2D eigenvalue weighted by molar-refractivity contribution is 0.882. The second-order valence-corrected chi connectivity index (χ2v) is 4.07. The van der Waals surface area contributed by atoms with Crippen molar-refractivity contribution in [1.82, 2.24) is 4.98 Å². The first kappa shape index (κ1) is 11.9. The topological polar surface area (TPSA) is 74.7 Å². The van der Waals surface area contributed by atoms with Crippen LogP contribution in [0.2, 0.25) is 0 Å². The third-order valence-corrected chi connectivity index (χ3v) is 2.72. The molecule has 0 bridgehead atoms. The van der Waals surface area contributed by atoms with E-state index >= 15 is 0 Å². The van der Waals surface area contributed by atoms with Gasteiger partial charge < -0.3 is 11.1 Å². The summed E-state index contributed by atoms with van der Waals surface area (Å²) in [7, 11) is 0. The van der Waals surface area contributed by atoms with Crippen LogP contribution in [0.25, 0.3) is 0 Å². The summed E-state index contributed by atoms with van der Waals surface area (Å²) in [5.41, 5.74) is 8.87. The van der Waals surface area contributed by atoms with E-state index in [1.54, 1.807) is 18.5 Å². The average Bonchev–Trinajstić information content (AvgIpc) is 2.39. The van der Waals surface area contributed by atoms with Crippen LogP contribution in [0.4, 0.5) is 11.4 Å². The van der Waals surface area contributed by atoms with Crippen LogP contribution in [0, 0.1) is 11.3 Å². The molecule has 4 heteroatoms. The zero-order valence-electron chi connectivity index (χ0n) is 10.1. The molecule has 0 radical (unpaired) electrons. The van der Waals surface area contributed by atoms with Gasteiger partial charge in [0, 0.05) is 17.9 Å². The number of nitrogens with two attached hydrogens (primary N) is 1. The molecule has 0 aliphatic rings. The fourth-order valence-electron chi connectivity index (χ4n) is 1.75. The van der Waals surface area contributed by atoms with Gasteiger partial charge in [-0.3, -0.25) is 4.98 Å². The molecule has 1 atom stereocenters. The minimum absolute atomic E-state index is 0.0600. The van der Waals surface area contributed by atoms with Gasteiger partial charge in [-0.25, -0.2) is 0 Å². The van der Waals surface area contributed by atoms with Gasteiger partial charge in [0.25, 0.3) is 0 Å². The molecular formula is C14H14N4. The molecule has 1 unspecified atom stereocenters. The van der Waals surface area contributed by atoms with E-state index in [2.05, 4.69) is 16.4 Å². The minimum Gasteiger partial charge on any atom is -0.399 e. The Bertz CT molecular complexity index is 586. The van der Waals surface area contributed by atoms with Crippen LogP contribution in [-0.4, -0.2) is 4.98 Å². The zero-order valence-corrected chi connectivity index (χ0v) is 10.1. The summed E-state index contributed by atoms with van der Waals surface area (Å²) < 4.78 is 0. The van der Waals surface area contributed by atoms with Gasteiger partial charge in [-0.1, -0.05) is 12.1 Å². The Morgan fingerprint density at radius 2 is 2.22 bits per heavy atom. The first-order chi connectivity index (χ1) is 8.70. The van der Waals surface area contributed by atoms with Crippen LogP contribution < -0.4 is 11.1 Å². The summed E-state index contributed by atoms with van der Waals surface area (Å²) in [6.45, 7) is 2.02. The SMILES string of the molecule is CC(Nc1cnccc1C#N)c1cccc(N)c1. The molecule has 90 valence electrons. The lowest BCUT2D eigenvalue weighted by atomic mass is 10.1. The molecule has 0 amide bonds. The highest BCUT2D eigenvalue weighted by molar-refractivity contribution is 5.57. The predicted octanol–water partition coefficient (Wildman–Crippen LogP) is 2.71. The molecule has 3 N–H and O–H groups in total. The molecule has 0 saturated carbocycles. The summed E-state index contributed by atoms with van der Waals surface area (Å²) in [6, 6.07) is 11.6. The first-order valence-corrected chi connectivity index (χ1v) is 5.67. The maximum atomic E-state index is 9.01. The Balaban J connectivity index is 2.22. The number of nitrogens with zero attached hydrogens (tertiary/aromatic N) is 2. The summed E-state index contributed by atoms with van der Waals surface area (Å²) >= 11 is 0. The number of pyridine rings is 1. The van der Waals surface area contributed by atoms with Crippen molar-refractivity contribution in [2.45, 2.75) is 13.0 Å². The van der Waals surface area contributed by atoms with Crippen molar-refractivity contribution in [3.8, 4) is 6.07 Å². The second kappa shape index (κ2) is 5.19.